The monoisotopic (exact) mass is 460 g/mol. The van der Waals surface area contributed by atoms with Gasteiger partial charge in [0.15, 0.2) is 0 Å². The standard InChI is InChI=1S/C28H36N4O2/c1-26(2,18-34-5)25-13-24(30-31-25)21-12-23(15-29-14-21)28(33,27(3)16-32(4)17-27)22-10-8-20(9-11-22)19-6-7-19/h8-15,19,33H,6-7,16-18H2,1-5H3,(H,30,31)/t28-/m0/s1. The van der Waals surface area contributed by atoms with E-state index in [4.69, 9.17) is 4.74 Å². The zero-order valence-corrected chi connectivity index (χ0v) is 20.9. The number of rotatable bonds is 8. The van der Waals surface area contributed by atoms with E-state index < -0.39 is 5.60 Å². The second-order valence-corrected chi connectivity index (χ2v) is 11.3. The van der Waals surface area contributed by atoms with Gasteiger partial charge in [-0.2, -0.15) is 5.10 Å². The third-order valence-electron chi connectivity index (χ3n) is 7.75. The van der Waals surface area contributed by atoms with Crippen molar-refractivity contribution in [3.8, 4) is 11.3 Å². The summed E-state index contributed by atoms with van der Waals surface area (Å²) in [5, 5.41) is 20.2. The summed E-state index contributed by atoms with van der Waals surface area (Å²) in [4.78, 5) is 6.80. The van der Waals surface area contributed by atoms with Crippen LogP contribution >= 0.6 is 0 Å². The Balaban J connectivity index is 1.54. The number of nitrogens with zero attached hydrogens (tertiary/aromatic N) is 3. The Hall–Kier alpha value is -2.54. The van der Waals surface area contributed by atoms with Crippen molar-refractivity contribution < 1.29 is 9.84 Å². The lowest BCUT2D eigenvalue weighted by molar-refractivity contribution is -0.127. The van der Waals surface area contributed by atoms with Gasteiger partial charge in [0.05, 0.1) is 12.3 Å². The van der Waals surface area contributed by atoms with Crippen molar-refractivity contribution in [3.05, 3.63) is 71.2 Å². The van der Waals surface area contributed by atoms with Gasteiger partial charge >= 0.3 is 0 Å². The third kappa shape index (κ3) is 3.88. The molecule has 3 aromatic rings. The summed E-state index contributed by atoms with van der Waals surface area (Å²) in [6.45, 7) is 8.65. The summed E-state index contributed by atoms with van der Waals surface area (Å²) >= 11 is 0. The van der Waals surface area contributed by atoms with E-state index in [9.17, 15) is 5.11 Å². The van der Waals surface area contributed by atoms with Crippen molar-refractivity contribution in [2.75, 3.05) is 33.9 Å². The fourth-order valence-electron chi connectivity index (χ4n) is 5.68. The number of H-pyrrole nitrogens is 1. The number of nitrogens with one attached hydrogen (secondary N) is 1. The molecule has 1 atom stereocenters. The molecule has 1 saturated heterocycles. The second kappa shape index (κ2) is 8.29. The number of aliphatic hydroxyl groups is 1. The van der Waals surface area contributed by atoms with Gasteiger partial charge in [-0.15, -0.1) is 0 Å². The molecule has 1 aliphatic heterocycles. The minimum Gasteiger partial charge on any atom is -0.384 e. The molecular weight excluding hydrogens is 424 g/mol. The summed E-state index contributed by atoms with van der Waals surface area (Å²) in [5.41, 5.74) is 4.16. The largest absolute Gasteiger partial charge is 0.384 e. The first-order valence-corrected chi connectivity index (χ1v) is 12.2. The molecule has 0 unspecified atom stereocenters. The molecular formula is C28H36N4O2. The van der Waals surface area contributed by atoms with Gasteiger partial charge in [0, 0.05) is 60.2 Å². The molecule has 180 valence electrons. The maximum atomic E-state index is 12.5. The van der Waals surface area contributed by atoms with Gasteiger partial charge in [0.2, 0.25) is 0 Å². The minimum absolute atomic E-state index is 0.181. The zero-order chi connectivity index (χ0) is 24.1. The van der Waals surface area contributed by atoms with Crippen LogP contribution in [0.5, 0.6) is 0 Å². The number of hydrogen-bond acceptors (Lipinski definition) is 5. The summed E-state index contributed by atoms with van der Waals surface area (Å²) in [7, 11) is 3.81. The Morgan fingerprint density at radius 1 is 1.12 bits per heavy atom. The zero-order valence-electron chi connectivity index (χ0n) is 20.9. The van der Waals surface area contributed by atoms with Gasteiger partial charge in [-0.1, -0.05) is 45.0 Å². The average Bonchev–Trinajstić information content (AvgIpc) is 3.53. The van der Waals surface area contributed by atoms with Crippen LogP contribution in [-0.4, -0.2) is 59.0 Å². The van der Waals surface area contributed by atoms with Gasteiger partial charge < -0.3 is 14.7 Å². The lowest BCUT2D eigenvalue weighted by Gasteiger charge is -2.55. The molecule has 6 nitrogen and oxygen atoms in total. The van der Waals surface area contributed by atoms with Gasteiger partial charge in [-0.25, -0.2) is 0 Å². The normalized spacial score (nSPS) is 20.1. The molecule has 2 aromatic heterocycles. The number of pyridine rings is 1. The summed E-state index contributed by atoms with van der Waals surface area (Å²) in [5.74, 6) is 0.689. The number of ether oxygens (including phenoxy) is 1. The van der Waals surface area contributed by atoms with E-state index in [-0.39, 0.29) is 10.8 Å². The Morgan fingerprint density at radius 2 is 1.82 bits per heavy atom. The van der Waals surface area contributed by atoms with E-state index in [1.807, 2.05) is 12.4 Å². The number of likely N-dealkylation sites (tertiary alicyclic amines) is 1. The van der Waals surface area contributed by atoms with Gasteiger partial charge in [0.1, 0.15) is 5.60 Å². The van der Waals surface area contributed by atoms with Crippen LogP contribution in [0.25, 0.3) is 11.3 Å². The molecule has 2 aliphatic rings. The molecule has 0 amide bonds. The first kappa shape index (κ1) is 23.2. The summed E-state index contributed by atoms with van der Waals surface area (Å²) in [6.07, 6.45) is 6.17. The van der Waals surface area contributed by atoms with Gasteiger partial charge in [-0.3, -0.25) is 10.1 Å². The smallest absolute Gasteiger partial charge is 0.124 e. The van der Waals surface area contributed by atoms with Crippen molar-refractivity contribution in [2.24, 2.45) is 5.41 Å². The fraction of sp³-hybridized carbons (Fsp3) is 0.500. The van der Waals surface area contributed by atoms with Crippen molar-refractivity contribution in [1.29, 1.82) is 0 Å². The van der Waals surface area contributed by atoms with Crippen LogP contribution < -0.4 is 0 Å². The van der Waals surface area contributed by atoms with Crippen LogP contribution in [0.4, 0.5) is 0 Å². The number of hydrogen-bond donors (Lipinski definition) is 2. The Kier molecular flexibility index (Phi) is 5.66. The molecule has 1 saturated carbocycles. The third-order valence-corrected chi connectivity index (χ3v) is 7.75. The Bertz CT molecular complexity index is 1160. The molecule has 2 N–H and O–H groups in total. The number of aromatic amines is 1. The van der Waals surface area contributed by atoms with Crippen LogP contribution in [-0.2, 0) is 15.8 Å². The molecule has 3 heterocycles. The molecule has 6 heteroatoms. The predicted molar refractivity (Wildman–Crippen MR) is 134 cm³/mol. The fourth-order valence-corrected chi connectivity index (χ4v) is 5.68. The average molecular weight is 461 g/mol. The number of benzene rings is 1. The molecule has 1 aromatic carbocycles. The van der Waals surface area contributed by atoms with Crippen LogP contribution in [0.3, 0.4) is 0 Å². The van der Waals surface area contributed by atoms with Crippen molar-refractivity contribution in [2.45, 2.75) is 50.5 Å². The topological polar surface area (TPSA) is 74.3 Å². The highest BCUT2D eigenvalue weighted by Gasteiger charge is 2.55. The first-order valence-electron chi connectivity index (χ1n) is 12.2. The van der Waals surface area contributed by atoms with Crippen molar-refractivity contribution >= 4 is 0 Å². The van der Waals surface area contributed by atoms with Crippen molar-refractivity contribution in [1.82, 2.24) is 20.1 Å². The highest BCUT2D eigenvalue weighted by Crippen LogP contribution is 2.51. The van der Waals surface area contributed by atoms with E-state index >= 15 is 0 Å². The molecule has 0 spiro atoms. The van der Waals surface area contributed by atoms with E-state index in [0.717, 1.165) is 41.2 Å². The van der Waals surface area contributed by atoms with E-state index in [0.29, 0.717) is 12.5 Å². The molecule has 34 heavy (non-hydrogen) atoms. The lowest BCUT2D eigenvalue weighted by atomic mass is 9.62. The van der Waals surface area contributed by atoms with Crippen LogP contribution in [0.15, 0.2) is 48.8 Å². The Labute approximate surface area is 202 Å². The maximum absolute atomic E-state index is 12.5. The summed E-state index contributed by atoms with van der Waals surface area (Å²) in [6, 6.07) is 12.7. The van der Waals surface area contributed by atoms with Gasteiger partial charge in [0.25, 0.3) is 0 Å². The van der Waals surface area contributed by atoms with Crippen molar-refractivity contribution in [3.63, 3.8) is 0 Å². The van der Waals surface area contributed by atoms with E-state index in [1.54, 1.807) is 7.11 Å². The molecule has 1 aliphatic carbocycles. The quantitative estimate of drug-likeness (QED) is 0.519. The maximum Gasteiger partial charge on any atom is 0.124 e. The Morgan fingerprint density at radius 3 is 2.44 bits per heavy atom. The SMILES string of the molecule is COCC(C)(C)c1cc(-c2cncc([C@@](O)(c3ccc(C4CC4)cc3)C3(C)CN(C)C3)c2)n[nH]1. The molecule has 0 radical (unpaired) electrons. The van der Waals surface area contributed by atoms with Crippen LogP contribution in [0.1, 0.15) is 61.9 Å². The van der Waals surface area contributed by atoms with Gasteiger partial charge in [-0.05, 0) is 49.1 Å². The first-order chi connectivity index (χ1) is 16.2. The number of methoxy groups -OCH3 is 1. The van der Waals surface area contributed by atoms with E-state index in [2.05, 4.69) is 84.3 Å². The highest BCUT2D eigenvalue weighted by atomic mass is 16.5. The molecule has 5 rings (SSSR count). The predicted octanol–water partition coefficient (Wildman–Crippen LogP) is 4.46. The second-order valence-electron chi connectivity index (χ2n) is 11.3. The lowest BCUT2D eigenvalue weighted by Crippen LogP contribution is -2.63. The molecule has 2 fully saturated rings. The summed E-state index contributed by atoms with van der Waals surface area (Å²) < 4.78 is 5.38. The molecule has 0 bridgehead atoms. The highest BCUT2D eigenvalue weighted by molar-refractivity contribution is 5.60. The number of aromatic nitrogens is 3. The van der Waals surface area contributed by atoms with Crippen LogP contribution in [0, 0.1) is 5.41 Å². The van der Waals surface area contributed by atoms with Crippen LogP contribution in [0.2, 0.25) is 0 Å². The van der Waals surface area contributed by atoms with E-state index in [1.165, 1.54) is 18.4 Å². The minimum atomic E-state index is -1.15.